The van der Waals surface area contributed by atoms with E-state index in [2.05, 4.69) is 23.3 Å². The first kappa shape index (κ1) is 12.6. The summed E-state index contributed by atoms with van der Waals surface area (Å²) in [5, 5.41) is 9.02. The van der Waals surface area contributed by atoms with Crippen molar-refractivity contribution in [1.29, 1.82) is 0 Å². The highest BCUT2D eigenvalue weighted by atomic mass is 16.5. The number of hydrogen-bond acceptors (Lipinski definition) is 3. The zero-order valence-electron chi connectivity index (χ0n) is 10.7. The number of rotatable bonds is 4. The van der Waals surface area contributed by atoms with Crippen LogP contribution in [0.2, 0.25) is 0 Å². The van der Waals surface area contributed by atoms with Gasteiger partial charge in [0.15, 0.2) is 0 Å². The quantitative estimate of drug-likeness (QED) is 0.853. The fourth-order valence-electron chi connectivity index (χ4n) is 2.25. The molecule has 1 aliphatic heterocycles. The van der Waals surface area contributed by atoms with Crippen molar-refractivity contribution in [2.45, 2.75) is 39.1 Å². The van der Waals surface area contributed by atoms with Crippen LogP contribution in [0.1, 0.15) is 19.4 Å². The van der Waals surface area contributed by atoms with E-state index in [9.17, 15) is 0 Å². The molecule has 96 valence electrons. The summed E-state index contributed by atoms with van der Waals surface area (Å²) in [7, 11) is 0. The van der Waals surface area contributed by atoms with E-state index in [-0.39, 0.29) is 12.7 Å². The summed E-state index contributed by atoms with van der Waals surface area (Å²) in [6, 6.07) is 2.53. The molecular formula is C13H22N2O2. The molecule has 2 rings (SSSR count). The zero-order valence-corrected chi connectivity index (χ0v) is 10.7. The highest BCUT2D eigenvalue weighted by Crippen LogP contribution is 2.11. The summed E-state index contributed by atoms with van der Waals surface area (Å²) in [6.07, 6.45) is 4.24. The van der Waals surface area contributed by atoms with Crippen LogP contribution < -0.4 is 0 Å². The van der Waals surface area contributed by atoms with Crippen LogP contribution in [-0.4, -0.2) is 46.4 Å². The summed E-state index contributed by atoms with van der Waals surface area (Å²) >= 11 is 0. The Morgan fingerprint density at radius 1 is 1.53 bits per heavy atom. The maximum Gasteiger partial charge on any atom is 0.0881 e. The van der Waals surface area contributed by atoms with Gasteiger partial charge < -0.3 is 14.4 Å². The monoisotopic (exact) mass is 238 g/mol. The molecule has 1 unspecified atom stereocenters. The largest absolute Gasteiger partial charge is 0.392 e. The van der Waals surface area contributed by atoms with Crippen LogP contribution in [-0.2, 0) is 17.9 Å². The van der Waals surface area contributed by atoms with Crippen molar-refractivity contribution in [3.05, 3.63) is 24.0 Å². The average molecular weight is 238 g/mol. The molecule has 0 aliphatic carbocycles. The molecule has 2 heterocycles. The summed E-state index contributed by atoms with van der Waals surface area (Å²) in [4.78, 5) is 2.45. The molecule has 0 spiro atoms. The lowest BCUT2D eigenvalue weighted by molar-refractivity contribution is -0.0455. The third kappa shape index (κ3) is 3.31. The van der Waals surface area contributed by atoms with Crippen molar-refractivity contribution >= 4 is 0 Å². The topological polar surface area (TPSA) is 37.6 Å². The van der Waals surface area contributed by atoms with Gasteiger partial charge >= 0.3 is 0 Å². The lowest BCUT2D eigenvalue weighted by Crippen LogP contribution is -2.47. The summed E-state index contributed by atoms with van der Waals surface area (Å²) in [5.41, 5.74) is 0.960. The molecule has 0 saturated carbocycles. The lowest BCUT2D eigenvalue weighted by atomic mass is 10.2. The van der Waals surface area contributed by atoms with Crippen molar-refractivity contribution in [1.82, 2.24) is 9.47 Å². The fourth-order valence-corrected chi connectivity index (χ4v) is 2.25. The Balaban J connectivity index is 1.90. The molecule has 4 nitrogen and oxygen atoms in total. The number of ether oxygens (including phenoxy) is 1. The number of aromatic nitrogens is 1. The zero-order chi connectivity index (χ0) is 12.3. The van der Waals surface area contributed by atoms with Gasteiger partial charge in [-0.3, -0.25) is 4.90 Å². The SMILES string of the molecule is CC(C)N1CCOC(Cn2ccc(CO)c2)C1. The van der Waals surface area contributed by atoms with Gasteiger partial charge in [-0.1, -0.05) is 0 Å². The smallest absolute Gasteiger partial charge is 0.0881 e. The fraction of sp³-hybridized carbons (Fsp3) is 0.692. The van der Waals surface area contributed by atoms with Crippen molar-refractivity contribution in [2.75, 3.05) is 19.7 Å². The molecular weight excluding hydrogens is 216 g/mol. The van der Waals surface area contributed by atoms with Gasteiger partial charge in [0, 0.05) is 38.1 Å². The first-order chi connectivity index (χ1) is 8.19. The van der Waals surface area contributed by atoms with Gasteiger partial charge in [-0.25, -0.2) is 0 Å². The average Bonchev–Trinajstić information content (AvgIpc) is 2.77. The first-order valence-corrected chi connectivity index (χ1v) is 6.30. The maximum absolute atomic E-state index is 9.02. The van der Waals surface area contributed by atoms with E-state index >= 15 is 0 Å². The van der Waals surface area contributed by atoms with Crippen LogP contribution in [0.5, 0.6) is 0 Å². The Hall–Kier alpha value is -0.840. The van der Waals surface area contributed by atoms with Gasteiger partial charge in [-0.05, 0) is 25.5 Å². The molecule has 0 amide bonds. The van der Waals surface area contributed by atoms with E-state index in [4.69, 9.17) is 9.84 Å². The van der Waals surface area contributed by atoms with E-state index in [1.807, 2.05) is 18.5 Å². The van der Waals surface area contributed by atoms with Crippen molar-refractivity contribution in [2.24, 2.45) is 0 Å². The van der Waals surface area contributed by atoms with Crippen LogP contribution in [0, 0.1) is 0 Å². The summed E-state index contributed by atoms with van der Waals surface area (Å²) in [5.74, 6) is 0. The predicted octanol–water partition coefficient (Wildman–Crippen LogP) is 1.09. The van der Waals surface area contributed by atoms with Crippen LogP contribution in [0.25, 0.3) is 0 Å². The van der Waals surface area contributed by atoms with Gasteiger partial charge in [0.2, 0.25) is 0 Å². The number of hydrogen-bond donors (Lipinski definition) is 1. The Morgan fingerprint density at radius 3 is 3.00 bits per heavy atom. The second-order valence-corrected chi connectivity index (χ2v) is 4.96. The van der Waals surface area contributed by atoms with E-state index in [1.54, 1.807) is 0 Å². The molecule has 0 bridgehead atoms. The Bertz CT molecular complexity index is 349. The van der Waals surface area contributed by atoms with Crippen LogP contribution in [0.4, 0.5) is 0 Å². The molecule has 17 heavy (non-hydrogen) atoms. The normalized spacial score (nSPS) is 22.2. The number of aliphatic hydroxyl groups excluding tert-OH is 1. The first-order valence-electron chi connectivity index (χ1n) is 6.30. The van der Waals surface area contributed by atoms with Gasteiger partial charge in [0.05, 0.1) is 19.3 Å². The Kier molecular flexibility index (Phi) is 4.20. The number of aliphatic hydroxyl groups is 1. The molecule has 1 aromatic heterocycles. The molecule has 1 atom stereocenters. The van der Waals surface area contributed by atoms with E-state index in [0.717, 1.165) is 31.8 Å². The van der Waals surface area contributed by atoms with E-state index in [1.165, 1.54) is 0 Å². The number of morpholine rings is 1. The molecule has 1 aromatic rings. The third-order valence-corrected chi connectivity index (χ3v) is 3.31. The molecule has 0 aromatic carbocycles. The maximum atomic E-state index is 9.02. The minimum absolute atomic E-state index is 0.108. The van der Waals surface area contributed by atoms with Crippen molar-refractivity contribution < 1.29 is 9.84 Å². The molecule has 1 N–H and O–H groups in total. The minimum Gasteiger partial charge on any atom is -0.392 e. The highest BCUT2D eigenvalue weighted by Gasteiger charge is 2.22. The third-order valence-electron chi connectivity index (χ3n) is 3.31. The van der Waals surface area contributed by atoms with Gasteiger partial charge in [-0.2, -0.15) is 0 Å². The molecule has 1 aliphatic rings. The Morgan fingerprint density at radius 2 is 2.35 bits per heavy atom. The molecule has 1 fully saturated rings. The minimum atomic E-state index is 0.108. The highest BCUT2D eigenvalue weighted by molar-refractivity contribution is 5.08. The van der Waals surface area contributed by atoms with Gasteiger partial charge in [0.25, 0.3) is 0 Å². The standard InChI is InChI=1S/C13H22N2O2/c1-11(2)15-5-6-17-13(9-15)8-14-4-3-12(7-14)10-16/h3-4,7,11,13,16H,5-6,8-10H2,1-2H3. The van der Waals surface area contributed by atoms with Gasteiger partial charge in [0.1, 0.15) is 0 Å². The van der Waals surface area contributed by atoms with Gasteiger partial charge in [-0.15, -0.1) is 0 Å². The number of nitrogens with zero attached hydrogens (tertiary/aromatic N) is 2. The van der Waals surface area contributed by atoms with Crippen LogP contribution >= 0.6 is 0 Å². The lowest BCUT2D eigenvalue weighted by Gasteiger charge is -2.35. The Labute approximate surface area is 103 Å². The van der Waals surface area contributed by atoms with E-state index < -0.39 is 0 Å². The molecule has 4 heteroatoms. The second kappa shape index (κ2) is 5.67. The molecule has 1 saturated heterocycles. The van der Waals surface area contributed by atoms with Crippen LogP contribution in [0.3, 0.4) is 0 Å². The van der Waals surface area contributed by atoms with E-state index in [0.29, 0.717) is 6.04 Å². The summed E-state index contributed by atoms with van der Waals surface area (Å²) < 4.78 is 7.88. The summed E-state index contributed by atoms with van der Waals surface area (Å²) in [6.45, 7) is 8.26. The van der Waals surface area contributed by atoms with Crippen molar-refractivity contribution in [3.8, 4) is 0 Å². The predicted molar refractivity (Wildman–Crippen MR) is 66.8 cm³/mol. The van der Waals surface area contributed by atoms with Crippen LogP contribution in [0.15, 0.2) is 18.5 Å². The van der Waals surface area contributed by atoms with Crippen molar-refractivity contribution in [3.63, 3.8) is 0 Å². The molecule has 0 radical (unpaired) electrons. The second-order valence-electron chi connectivity index (χ2n) is 4.96.